The van der Waals surface area contributed by atoms with E-state index >= 15 is 0 Å². The van der Waals surface area contributed by atoms with Gasteiger partial charge in [-0.05, 0) is 50.6 Å². The molecule has 0 aliphatic carbocycles. The van der Waals surface area contributed by atoms with Crippen LogP contribution in [0, 0.1) is 28.9 Å². The monoisotopic (exact) mass is 563 g/mol. The van der Waals surface area contributed by atoms with Crippen molar-refractivity contribution in [1.82, 2.24) is 25.0 Å². The molecular weight excluding hydrogens is 541 g/mol. The zero-order valence-corrected chi connectivity index (χ0v) is 22.2. The number of halogens is 4. The molecule has 3 aromatic heterocycles. The van der Waals surface area contributed by atoms with E-state index in [2.05, 4.69) is 30.9 Å². The molecule has 0 fully saturated rings. The molecule has 3 heterocycles. The van der Waals surface area contributed by atoms with Crippen molar-refractivity contribution < 1.29 is 14.5 Å². The Balaban J connectivity index is 1.66. The third-order valence-electron chi connectivity index (χ3n) is 5.95. The fourth-order valence-corrected chi connectivity index (χ4v) is 4.20. The number of fused-ring (bicyclic) bond motifs is 1. The number of nitriles is 1. The first-order valence-electron chi connectivity index (χ1n) is 12.5. The minimum Gasteiger partial charge on any atom is -0.373 e. The smallest absolute Gasteiger partial charge is 0.249 e. The highest BCUT2D eigenvalue weighted by Gasteiger charge is 2.23. The number of anilines is 3. The zero-order valence-electron chi connectivity index (χ0n) is 22.5. The maximum absolute atomic E-state index is 13.9. The maximum atomic E-state index is 13.9. The lowest BCUT2D eigenvalue weighted by Gasteiger charge is -2.21. The predicted octanol–water partition coefficient (Wildman–Crippen LogP) is 6.86. The summed E-state index contributed by atoms with van der Waals surface area (Å²) in [7, 11) is 0. The van der Waals surface area contributed by atoms with Crippen LogP contribution in [0.5, 0.6) is 0 Å². The summed E-state index contributed by atoms with van der Waals surface area (Å²) >= 11 is 6.61. The molecule has 0 amide bonds. The van der Waals surface area contributed by atoms with Crippen molar-refractivity contribution >= 4 is 39.6 Å². The summed E-state index contributed by atoms with van der Waals surface area (Å²) in [5.74, 6) is -2.91. The first-order valence-corrected chi connectivity index (χ1v) is 12.3. The van der Waals surface area contributed by atoms with Crippen molar-refractivity contribution in [3.63, 3.8) is 0 Å². The van der Waals surface area contributed by atoms with E-state index in [-0.39, 0.29) is 27.7 Å². The number of pyridine rings is 2. The molecule has 12 heteroatoms. The lowest BCUT2D eigenvalue weighted by atomic mass is 10.0. The van der Waals surface area contributed by atoms with Crippen LogP contribution in [0.3, 0.4) is 0 Å². The van der Waals surface area contributed by atoms with E-state index in [0.29, 0.717) is 22.2 Å². The summed E-state index contributed by atoms with van der Waals surface area (Å²) < 4.78 is 52.2. The molecule has 0 saturated carbocycles. The third-order valence-corrected chi connectivity index (χ3v) is 6.24. The van der Waals surface area contributed by atoms with Gasteiger partial charge in [0.2, 0.25) is 5.95 Å². The first-order chi connectivity index (χ1) is 19.4. The number of hydrogen-bond acceptors (Lipinski definition) is 7. The van der Waals surface area contributed by atoms with E-state index in [0.717, 1.165) is 12.3 Å². The van der Waals surface area contributed by atoms with Crippen molar-refractivity contribution in [1.29, 1.82) is 5.26 Å². The largest absolute Gasteiger partial charge is 0.373 e. The van der Waals surface area contributed by atoms with Gasteiger partial charge in [-0.15, -0.1) is 5.10 Å². The second kappa shape index (κ2) is 10.5. The van der Waals surface area contributed by atoms with Crippen molar-refractivity contribution in [2.24, 2.45) is 0 Å². The van der Waals surface area contributed by atoms with Gasteiger partial charge in [0.1, 0.15) is 17.6 Å². The molecule has 0 saturated heterocycles. The zero-order chi connectivity index (χ0) is 29.5. The van der Waals surface area contributed by atoms with E-state index in [1.54, 1.807) is 23.0 Å². The van der Waals surface area contributed by atoms with E-state index in [9.17, 15) is 19.8 Å². The van der Waals surface area contributed by atoms with Gasteiger partial charge < -0.3 is 10.6 Å². The molecule has 40 heavy (non-hydrogen) atoms. The second-order valence-corrected chi connectivity index (χ2v) is 10.3. The third kappa shape index (κ3) is 5.39. The molecule has 5 aromatic rings. The summed E-state index contributed by atoms with van der Waals surface area (Å²) in [5.41, 5.74) is 1.21. The fraction of sp³-hybridized carbons (Fsp3) is 0.179. The average Bonchev–Trinajstić information content (AvgIpc) is 3.44. The number of nitrogens with one attached hydrogen (secondary N) is 2. The maximum Gasteiger partial charge on any atom is 0.249 e. The van der Waals surface area contributed by atoms with Crippen LogP contribution in [0.4, 0.5) is 30.2 Å². The number of aromatic nitrogens is 5. The summed E-state index contributed by atoms with van der Waals surface area (Å²) in [6, 6.07) is 9.73. The molecular formula is C28H22ClF3N8. The molecule has 0 radical (unpaired) electrons. The highest BCUT2D eigenvalue weighted by atomic mass is 35.5. The van der Waals surface area contributed by atoms with Crippen LogP contribution < -0.4 is 10.6 Å². The molecule has 2 aromatic carbocycles. The Bertz CT molecular complexity index is 1810. The average molecular weight is 564 g/mol. The summed E-state index contributed by atoms with van der Waals surface area (Å²) in [5, 5.41) is 24.8. The molecule has 0 spiro atoms. The minimum atomic E-state index is -1.76. The van der Waals surface area contributed by atoms with E-state index in [1.807, 2.05) is 26.8 Å². The lowest BCUT2D eigenvalue weighted by Crippen LogP contribution is -2.22. The Morgan fingerprint density at radius 2 is 1.80 bits per heavy atom. The van der Waals surface area contributed by atoms with Gasteiger partial charge in [0.05, 0.1) is 52.8 Å². The Kier molecular flexibility index (Phi) is 6.69. The van der Waals surface area contributed by atoms with E-state index in [1.165, 1.54) is 30.5 Å². The van der Waals surface area contributed by atoms with Crippen LogP contribution in [0.2, 0.25) is 5.02 Å². The molecule has 0 aliphatic rings. The summed E-state index contributed by atoms with van der Waals surface area (Å²) in [4.78, 5) is 7.67. The molecule has 5 rings (SSSR count). The second-order valence-electron chi connectivity index (χ2n) is 9.86. The van der Waals surface area contributed by atoms with Gasteiger partial charge in [-0.3, -0.25) is 4.98 Å². The van der Waals surface area contributed by atoms with Crippen molar-refractivity contribution in [2.45, 2.75) is 32.3 Å². The van der Waals surface area contributed by atoms with Crippen molar-refractivity contribution in [3.8, 4) is 6.07 Å². The molecule has 1 unspecified atom stereocenters. The molecule has 202 valence electrons. The van der Waals surface area contributed by atoms with Crippen LogP contribution in [0.15, 0.2) is 61.1 Å². The van der Waals surface area contributed by atoms with E-state index < -0.39 is 29.1 Å². The number of rotatable bonds is 6. The van der Waals surface area contributed by atoms with Crippen molar-refractivity contribution in [3.05, 3.63) is 100 Å². The van der Waals surface area contributed by atoms with Gasteiger partial charge >= 0.3 is 0 Å². The van der Waals surface area contributed by atoms with Crippen LogP contribution in [0.1, 0.15) is 45.0 Å². The van der Waals surface area contributed by atoms with Gasteiger partial charge in [0, 0.05) is 23.3 Å². The quantitative estimate of drug-likeness (QED) is 0.217. The van der Waals surface area contributed by atoms with Crippen LogP contribution >= 0.6 is 11.6 Å². The molecule has 2 N–H and O–H groups in total. The number of hydrogen-bond donors (Lipinski definition) is 2. The Morgan fingerprint density at radius 3 is 2.45 bits per heavy atom. The van der Waals surface area contributed by atoms with Gasteiger partial charge in [0.25, 0.3) is 0 Å². The Morgan fingerprint density at radius 1 is 1.05 bits per heavy atom. The molecule has 8 nitrogen and oxygen atoms in total. The highest BCUT2D eigenvalue weighted by Crippen LogP contribution is 2.37. The predicted molar refractivity (Wildman–Crippen MR) is 146 cm³/mol. The van der Waals surface area contributed by atoms with Crippen molar-refractivity contribution in [2.75, 3.05) is 10.6 Å². The van der Waals surface area contributed by atoms with Crippen LogP contribution in [-0.4, -0.2) is 25.0 Å². The molecule has 0 aliphatic heterocycles. The molecule has 1 atom stereocenters. The molecule has 0 bridgehead atoms. The summed E-state index contributed by atoms with van der Waals surface area (Å²) in [6.07, 6.45) is 4.01. The highest BCUT2D eigenvalue weighted by molar-refractivity contribution is 6.36. The minimum absolute atomic E-state index is 0.0855. The number of nitrogens with zero attached hydrogens (tertiary/aromatic N) is 6. The first kappa shape index (κ1) is 25.6. The standard InChI is InChI=1S/C28H22ClF3N8/c1-28(2,3)40-14-23(38-39-40)25(15-4-6-17(30)7-5-15)36-18-8-20-24(37-19-10-22(31)27(32)35-13-19)16(11-33)12-34-26(20)21(29)9-18/h4-10,12-14,25,36H,1-3H3,(H,34,37)/i25D. The Labute approximate surface area is 233 Å². The number of benzene rings is 2. The van der Waals surface area contributed by atoms with Gasteiger partial charge in [-0.2, -0.15) is 9.65 Å². The summed E-state index contributed by atoms with van der Waals surface area (Å²) in [6.45, 7) is 5.80. The van der Waals surface area contributed by atoms with E-state index in [4.69, 9.17) is 11.6 Å². The normalized spacial score (nSPS) is 13.4. The van der Waals surface area contributed by atoms with Crippen LogP contribution in [0.25, 0.3) is 10.9 Å². The lowest BCUT2D eigenvalue weighted by molar-refractivity contribution is 0.347. The van der Waals surface area contributed by atoms with Gasteiger partial charge in [-0.25, -0.2) is 18.4 Å². The Hall–Kier alpha value is -4.69. The van der Waals surface area contributed by atoms with Gasteiger partial charge in [0.15, 0.2) is 5.82 Å². The topological polar surface area (TPSA) is 104 Å². The fourth-order valence-electron chi connectivity index (χ4n) is 3.94. The SMILES string of the molecule is [2H]C(Nc1cc(Cl)c2ncc(C#N)c(Nc3cnc(F)c(F)c3)c2c1)(c1ccc(F)cc1)c1cn(C(C)(C)C)nn1. The van der Waals surface area contributed by atoms with Crippen LogP contribution in [-0.2, 0) is 5.54 Å². The van der Waals surface area contributed by atoms with Gasteiger partial charge in [-0.1, -0.05) is 28.9 Å².